The first kappa shape index (κ1) is 14.5. The van der Waals surface area contributed by atoms with E-state index in [1.54, 1.807) is 19.1 Å². The molecule has 0 saturated carbocycles. The molecule has 0 fully saturated rings. The second-order valence-corrected chi connectivity index (χ2v) is 6.29. The quantitative estimate of drug-likeness (QED) is 0.904. The summed E-state index contributed by atoms with van der Waals surface area (Å²) in [5.74, 6) is 0. The highest BCUT2D eigenvalue weighted by Gasteiger charge is 2.17. The summed E-state index contributed by atoms with van der Waals surface area (Å²) in [4.78, 5) is 17.4. The summed E-state index contributed by atoms with van der Waals surface area (Å²) in [5, 5.41) is -0.188. The monoisotopic (exact) mass is 313 g/mol. The summed E-state index contributed by atoms with van der Waals surface area (Å²) < 4.78 is 26.8. The Hall–Kier alpha value is -1.86. The number of nitrogens with one attached hydrogen (secondary N) is 2. The number of pyridine rings is 2. The minimum Gasteiger partial charge on any atom is -0.326 e. The van der Waals surface area contributed by atoms with Gasteiger partial charge in [-0.3, -0.25) is 14.5 Å². The molecule has 6 nitrogen and oxygen atoms in total. The van der Waals surface area contributed by atoms with Crippen molar-refractivity contribution in [3.63, 3.8) is 0 Å². The first-order chi connectivity index (χ1) is 9.29. The van der Waals surface area contributed by atoms with Gasteiger partial charge in [0.15, 0.2) is 0 Å². The van der Waals surface area contributed by atoms with Gasteiger partial charge in [0.1, 0.15) is 9.92 Å². The van der Waals surface area contributed by atoms with Crippen LogP contribution >= 0.6 is 11.6 Å². The fraction of sp³-hybridized carbons (Fsp3) is 0.167. The van der Waals surface area contributed by atoms with Gasteiger partial charge in [0.2, 0.25) is 0 Å². The fourth-order valence-electron chi connectivity index (χ4n) is 1.59. The van der Waals surface area contributed by atoms with Crippen LogP contribution in [0.15, 0.2) is 34.1 Å². The van der Waals surface area contributed by atoms with E-state index in [4.69, 9.17) is 11.6 Å². The van der Waals surface area contributed by atoms with Crippen LogP contribution in [0.5, 0.6) is 0 Å². The Bertz CT molecular complexity index is 815. The summed E-state index contributed by atoms with van der Waals surface area (Å²) in [6.45, 7) is 3.51. The molecule has 2 heterocycles. The van der Waals surface area contributed by atoms with Gasteiger partial charge in [0.05, 0.1) is 11.4 Å². The van der Waals surface area contributed by atoms with E-state index in [0.717, 1.165) is 18.0 Å². The third-order valence-corrected chi connectivity index (χ3v) is 4.24. The van der Waals surface area contributed by atoms with Crippen LogP contribution < -0.4 is 10.3 Å². The number of halogens is 1. The van der Waals surface area contributed by atoms with E-state index in [1.807, 2.05) is 6.92 Å². The maximum absolute atomic E-state index is 12.2. The molecule has 0 saturated heterocycles. The Kier molecular flexibility index (Phi) is 3.82. The minimum atomic E-state index is -3.83. The molecule has 0 aromatic carbocycles. The lowest BCUT2D eigenvalue weighted by molar-refractivity contribution is 0.600. The van der Waals surface area contributed by atoms with Crippen LogP contribution in [0.25, 0.3) is 0 Å². The van der Waals surface area contributed by atoms with E-state index in [1.165, 1.54) is 0 Å². The van der Waals surface area contributed by atoms with Crippen LogP contribution in [0.2, 0.25) is 5.02 Å². The van der Waals surface area contributed by atoms with Gasteiger partial charge in [0, 0.05) is 11.9 Å². The average Bonchev–Trinajstić information content (AvgIpc) is 2.36. The Morgan fingerprint density at radius 2 is 2.00 bits per heavy atom. The maximum atomic E-state index is 12.2. The molecule has 0 atom stereocenters. The van der Waals surface area contributed by atoms with Gasteiger partial charge in [-0.15, -0.1) is 0 Å². The highest BCUT2D eigenvalue weighted by atomic mass is 35.5. The number of anilines is 1. The molecule has 2 rings (SSSR count). The summed E-state index contributed by atoms with van der Waals surface area (Å²) in [6, 6.07) is 4.42. The minimum absolute atomic E-state index is 0.123. The second kappa shape index (κ2) is 5.26. The zero-order chi connectivity index (χ0) is 14.9. The predicted molar refractivity (Wildman–Crippen MR) is 76.6 cm³/mol. The van der Waals surface area contributed by atoms with Gasteiger partial charge in [-0.05, 0) is 32.0 Å². The molecule has 0 spiro atoms. The van der Waals surface area contributed by atoms with Crippen molar-refractivity contribution in [3.05, 3.63) is 51.2 Å². The molecular formula is C12H12ClN3O3S. The number of hydrogen-bond acceptors (Lipinski definition) is 4. The maximum Gasteiger partial charge on any atom is 0.266 e. The van der Waals surface area contributed by atoms with Crippen molar-refractivity contribution in [3.8, 4) is 0 Å². The smallest absolute Gasteiger partial charge is 0.266 e. The molecule has 2 aromatic rings. The summed E-state index contributed by atoms with van der Waals surface area (Å²) in [6.07, 6.45) is 1.09. The van der Waals surface area contributed by atoms with Crippen LogP contribution in [0.3, 0.4) is 0 Å². The Labute approximate surface area is 120 Å². The summed E-state index contributed by atoms with van der Waals surface area (Å²) >= 11 is 5.63. The van der Waals surface area contributed by atoms with E-state index in [-0.39, 0.29) is 9.92 Å². The number of aromatic amines is 1. The molecule has 0 aliphatic carbocycles. The number of sulfonamides is 1. The largest absolute Gasteiger partial charge is 0.326 e. The number of H-pyrrole nitrogens is 1. The molecule has 8 heteroatoms. The molecule has 0 bridgehead atoms. The van der Waals surface area contributed by atoms with Gasteiger partial charge in [0.25, 0.3) is 15.6 Å². The van der Waals surface area contributed by atoms with Crippen LogP contribution in [-0.4, -0.2) is 18.4 Å². The van der Waals surface area contributed by atoms with Crippen LogP contribution in [0, 0.1) is 13.8 Å². The Morgan fingerprint density at radius 3 is 2.60 bits per heavy atom. The fourth-order valence-corrected chi connectivity index (χ4v) is 2.94. The first-order valence-electron chi connectivity index (χ1n) is 5.65. The number of hydrogen-bond donors (Lipinski definition) is 2. The zero-order valence-electron chi connectivity index (χ0n) is 10.8. The topological polar surface area (TPSA) is 91.9 Å². The lowest BCUT2D eigenvalue weighted by Gasteiger charge is -2.10. The SMILES string of the molecule is Cc1ccc(NS(=O)(=O)c2c[nH]c(=O)c(Cl)c2)c(C)n1. The highest BCUT2D eigenvalue weighted by molar-refractivity contribution is 7.92. The van der Waals surface area contributed by atoms with Crippen LogP contribution in [0.4, 0.5) is 5.69 Å². The summed E-state index contributed by atoms with van der Waals surface area (Å²) in [5.41, 5.74) is 1.18. The summed E-state index contributed by atoms with van der Waals surface area (Å²) in [7, 11) is -3.83. The number of aryl methyl sites for hydroxylation is 2. The number of nitrogens with zero attached hydrogens (tertiary/aromatic N) is 1. The Morgan fingerprint density at radius 1 is 1.30 bits per heavy atom. The van der Waals surface area contributed by atoms with E-state index < -0.39 is 15.6 Å². The lowest BCUT2D eigenvalue weighted by Crippen LogP contribution is -2.17. The van der Waals surface area contributed by atoms with E-state index >= 15 is 0 Å². The van der Waals surface area contributed by atoms with Crippen molar-refractivity contribution < 1.29 is 8.42 Å². The van der Waals surface area contributed by atoms with Crippen molar-refractivity contribution >= 4 is 27.3 Å². The number of rotatable bonds is 3. The van der Waals surface area contributed by atoms with Gasteiger partial charge < -0.3 is 4.98 Å². The standard InChI is InChI=1S/C12H12ClN3O3S/c1-7-3-4-11(8(2)15-7)16-20(18,19)9-5-10(13)12(17)14-6-9/h3-6,16H,1-2H3,(H,14,17). The second-order valence-electron chi connectivity index (χ2n) is 4.20. The van der Waals surface area contributed by atoms with Crippen LogP contribution in [-0.2, 0) is 10.0 Å². The van der Waals surface area contributed by atoms with Crippen LogP contribution in [0.1, 0.15) is 11.4 Å². The van der Waals surface area contributed by atoms with Crippen molar-refractivity contribution in [2.45, 2.75) is 18.7 Å². The molecule has 106 valence electrons. The molecule has 0 unspecified atom stereocenters. The molecule has 0 amide bonds. The van der Waals surface area contributed by atoms with Crippen molar-refractivity contribution in [2.24, 2.45) is 0 Å². The molecule has 0 aliphatic heterocycles. The third-order valence-electron chi connectivity index (χ3n) is 2.61. The number of aromatic nitrogens is 2. The average molecular weight is 314 g/mol. The Balaban J connectivity index is 2.40. The van der Waals surface area contributed by atoms with Crippen molar-refractivity contribution in [1.82, 2.24) is 9.97 Å². The predicted octanol–water partition coefficient (Wildman–Crippen LogP) is 1.84. The molecule has 2 N–H and O–H groups in total. The van der Waals surface area contributed by atoms with E-state index in [2.05, 4.69) is 14.7 Å². The molecule has 20 heavy (non-hydrogen) atoms. The molecular weight excluding hydrogens is 302 g/mol. The highest BCUT2D eigenvalue weighted by Crippen LogP contribution is 2.19. The van der Waals surface area contributed by atoms with E-state index in [9.17, 15) is 13.2 Å². The van der Waals surface area contributed by atoms with Gasteiger partial charge in [-0.25, -0.2) is 8.42 Å². The van der Waals surface area contributed by atoms with E-state index in [0.29, 0.717) is 11.4 Å². The zero-order valence-corrected chi connectivity index (χ0v) is 12.3. The van der Waals surface area contributed by atoms with Crippen molar-refractivity contribution in [1.29, 1.82) is 0 Å². The van der Waals surface area contributed by atoms with Gasteiger partial charge in [-0.1, -0.05) is 11.6 Å². The molecule has 2 aromatic heterocycles. The normalized spacial score (nSPS) is 11.3. The van der Waals surface area contributed by atoms with Gasteiger partial charge in [-0.2, -0.15) is 0 Å². The molecule has 0 aliphatic rings. The first-order valence-corrected chi connectivity index (χ1v) is 7.51. The lowest BCUT2D eigenvalue weighted by atomic mass is 10.3. The third kappa shape index (κ3) is 3.00. The molecule has 0 radical (unpaired) electrons. The van der Waals surface area contributed by atoms with Gasteiger partial charge >= 0.3 is 0 Å². The van der Waals surface area contributed by atoms with Crippen molar-refractivity contribution in [2.75, 3.05) is 4.72 Å².